The van der Waals surface area contributed by atoms with Crippen molar-refractivity contribution in [3.05, 3.63) is 65.9 Å². The van der Waals surface area contributed by atoms with Gasteiger partial charge in [0, 0.05) is 44.3 Å². The van der Waals surface area contributed by atoms with Crippen LogP contribution < -0.4 is 0 Å². The number of phenolic OH excluding ortho intramolecular Hbond substituents is 1. The van der Waals surface area contributed by atoms with Crippen molar-refractivity contribution in [2.24, 2.45) is 0 Å². The molecule has 0 amide bonds. The maximum absolute atomic E-state index is 14.1. The van der Waals surface area contributed by atoms with Gasteiger partial charge in [0.1, 0.15) is 11.3 Å². The van der Waals surface area contributed by atoms with Crippen LogP contribution in [0.15, 0.2) is 53.6 Å². The first kappa shape index (κ1) is 19.7. The van der Waals surface area contributed by atoms with Crippen LogP contribution in [0.2, 0.25) is 0 Å². The van der Waals surface area contributed by atoms with Crippen LogP contribution >= 0.6 is 0 Å². The maximum atomic E-state index is 14.1. The Morgan fingerprint density at radius 2 is 1.72 bits per heavy atom. The molecule has 29 heavy (non-hydrogen) atoms. The van der Waals surface area contributed by atoms with Gasteiger partial charge in [0.2, 0.25) is 10.0 Å². The predicted octanol–water partition coefficient (Wildman–Crippen LogP) is 2.73. The number of rotatable bonds is 4. The Hall–Kier alpha value is -2.62. The van der Waals surface area contributed by atoms with E-state index >= 15 is 0 Å². The molecule has 4 rings (SSSR count). The first-order valence-electron chi connectivity index (χ1n) is 9.09. The Labute approximate surface area is 167 Å². The molecule has 0 radical (unpaired) electrons. The van der Waals surface area contributed by atoms with Gasteiger partial charge in [0.25, 0.3) is 0 Å². The van der Waals surface area contributed by atoms with Crippen molar-refractivity contribution in [2.45, 2.75) is 11.4 Å². The molecule has 152 valence electrons. The lowest BCUT2D eigenvalue weighted by atomic mass is 10.2. The van der Waals surface area contributed by atoms with Gasteiger partial charge >= 0.3 is 0 Å². The lowest BCUT2D eigenvalue weighted by Crippen LogP contribution is -2.48. The van der Waals surface area contributed by atoms with E-state index in [-0.39, 0.29) is 34.7 Å². The van der Waals surface area contributed by atoms with Gasteiger partial charge in [-0.15, -0.1) is 0 Å². The van der Waals surface area contributed by atoms with E-state index in [1.807, 2.05) is 0 Å². The Balaban J connectivity index is 1.55. The molecule has 1 aliphatic rings. The van der Waals surface area contributed by atoms with E-state index in [1.165, 1.54) is 28.7 Å². The average Bonchev–Trinajstić information content (AvgIpc) is 2.73. The zero-order chi connectivity index (χ0) is 20.6. The quantitative estimate of drug-likeness (QED) is 0.704. The van der Waals surface area contributed by atoms with Crippen LogP contribution in [0.4, 0.5) is 8.78 Å². The molecule has 0 spiro atoms. The van der Waals surface area contributed by atoms with Crippen LogP contribution in [-0.2, 0) is 16.6 Å². The number of fused-ring (bicyclic) bond motifs is 1. The summed E-state index contributed by atoms with van der Waals surface area (Å²) in [7, 11) is -3.96. The van der Waals surface area contributed by atoms with Gasteiger partial charge < -0.3 is 5.11 Å². The van der Waals surface area contributed by atoms with Crippen molar-refractivity contribution >= 4 is 20.9 Å². The number of aromatic nitrogens is 1. The Bertz CT molecular complexity index is 1150. The molecule has 2 aromatic carbocycles. The molecule has 6 nitrogen and oxygen atoms in total. The Kier molecular flexibility index (Phi) is 5.20. The zero-order valence-corrected chi connectivity index (χ0v) is 16.2. The number of sulfonamides is 1. The molecule has 2 heterocycles. The molecular formula is C20H19F2N3O3S. The minimum absolute atomic E-state index is 0.0824. The van der Waals surface area contributed by atoms with Crippen molar-refractivity contribution in [3.8, 4) is 5.75 Å². The van der Waals surface area contributed by atoms with E-state index in [1.54, 1.807) is 18.2 Å². The summed E-state index contributed by atoms with van der Waals surface area (Å²) in [6, 6.07) is 10.1. The highest BCUT2D eigenvalue weighted by Gasteiger charge is 2.31. The number of phenols is 1. The van der Waals surface area contributed by atoms with E-state index in [9.17, 15) is 22.3 Å². The second kappa shape index (κ2) is 7.66. The molecule has 0 atom stereocenters. The average molecular weight is 419 g/mol. The fourth-order valence-electron chi connectivity index (χ4n) is 3.50. The number of halogens is 2. The van der Waals surface area contributed by atoms with Gasteiger partial charge in [-0.25, -0.2) is 17.2 Å². The fourth-order valence-corrected chi connectivity index (χ4v) is 5.11. The highest BCUT2D eigenvalue weighted by molar-refractivity contribution is 7.89. The molecule has 1 aromatic heterocycles. The first-order chi connectivity index (χ1) is 13.9. The van der Waals surface area contributed by atoms with Crippen LogP contribution in [0.5, 0.6) is 5.75 Å². The van der Waals surface area contributed by atoms with Crippen LogP contribution in [0.3, 0.4) is 0 Å². The van der Waals surface area contributed by atoms with E-state index in [0.717, 1.165) is 11.6 Å². The first-order valence-corrected chi connectivity index (χ1v) is 10.5. The number of piperazine rings is 1. The lowest BCUT2D eigenvalue weighted by molar-refractivity contribution is 0.181. The molecule has 0 unspecified atom stereocenters. The van der Waals surface area contributed by atoms with Gasteiger partial charge in [-0.2, -0.15) is 4.31 Å². The number of hydrogen-bond acceptors (Lipinski definition) is 5. The van der Waals surface area contributed by atoms with Crippen LogP contribution in [0.1, 0.15) is 5.56 Å². The highest BCUT2D eigenvalue weighted by atomic mass is 32.2. The van der Waals surface area contributed by atoms with E-state index < -0.39 is 21.6 Å². The summed E-state index contributed by atoms with van der Waals surface area (Å²) in [5.41, 5.74) is 0.862. The fraction of sp³-hybridized carbons (Fsp3) is 0.250. The van der Waals surface area contributed by atoms with Crippen LogP contribution in [0.25, 0.3) is 10.9 Å². The van der Waals surface area contributed by atoms with Crippen LogP contribution in [0, 0.1) is 11.6 Å². The van der Waals surface area contributed by atoms with E-state index in [0.29, 0.717) is 19.6 Å². The number of pyridine rings is 1. The zero-order valence-electron chi connectivity index (χ0n) is 15.4. The number of nitrogens with zero attached hydrogens (tertiary/aromatic N) is 3. The molecule has 9 heteroatoms. The molecule has 0 bridgehead atoms. The van der Waals surface area contributed by atoms with E-state index in [4.69, 9.17) is 0 Å². The topological polar surface area (TPSA) is 73.7 Å². The van der Waals surface area contributed by atoms with Crippen molar-refractivity contribution in [1.29, 1.82) is 0 Å². The van der Waals surface area contributed by atoms with Gasteiger partial charge in [-0.3, -0.25) is 9.88 Å². The molecule has 1 fully saturated rings. The highest BCUT2D eigenvalue weighted by Crippen LogP contribution is 2.33. The standard InChI is InChI=1S/C20H19F2N3O3S/c21-15-5-3-14(4-6-15)13-24-8-10-25(11-9-24)29(27,28)18-12-17(22)20(26)19-16(18)2-1-7-23-19/h1-7,12,26H,8-11,13H2. The Morgan fingerprint density at radius 1 is 1.03 bits per heavy atom. The summed E-state index contributed by atoms with van der Waals surface area (Å²) in [5, 5.41) is 10.1. The SMILES string of the molecule is O=S(=O)(c1cc(F)c(O)c2ncccc12)N1CCN(Cc2ccc(F)cc2)CC1. The molecule has 1 saturated heterocycles. The largest absolute Gasteiger partial charge is 0.503 e. The maximum Gasteiger partial charge on any atom is 0.243 e. The number of hydrogen-bond donors (Lipinski definition) is 1. The monoisotopic (exact) mass is 419 g/mol. The summed E-state index contributed by atoms with van der Waals surface area (Å²) in [5.74, 6) is -1.99. The van der Waals surface area contributed by atoms with Crippen LogP contribution in [-0.4, -0.2) is 53.9 Å². The van der Waals surface area contributed by atoms with Gasteiger partial charge in [-0.05, 0) is 35.9 Å². The van der Waals surface area contributed by atoms with Gasteiger partial charge in [-0.1, -0.05) is 12.1 Å². The molecule has 0 aliphatic carbocycles. The van der Waals surface area contributed by atoms with Gasteiger partial charge in [0.05, 0.1) is 4.90 Å². The normalized spacial score (nSPS) is 16.3. The third kappa shape index (κ3) is 3.81. The van der Waals surface area contributed by atoms with Crippen molar-refractivity contribution in [3.63, 3.8) is 0 Å². The van der Waals surface area contributed by atoms with Crippen molar-refractivity contribution < 1.29 is 22.3 Å². The summed E-state index contributed by atoms with van der Waals surface area (Å²) in [4.78, 5) is 5.79. The lowest BCUT2D eigenvalue weighted by Gasteiger charge is -2.34. The minimum Gasteiger partial charge on any atom is -0.503 e. The minimum atomic E-state index is -3.96. The molecular weight excluding hydrogens is 400 g/mol. The smallest absolute Gasteiger partial charge is 0.243 e. The van der Waals surface area contributed by atoms with E-state index in [2.05, 4.69) is 9.88 Å². The van der Waals surface area contributed by atoms with Crippen molar-refractivity contribution in [1.82, 2.24) is 14.2 Å². The second-order valence-electron chi connectivity index (χ2n) is 6.91. The summed E-state index contributed by atoms with van der Waals surface area (Å²) in [6.07, 6.45) is 1.37. The number of aromatic hydroxyl groups is 1. The molecule has 3 aromatic rings. The third-order valence-electron chi connectivity index (χ3n) is 5.05. The summed E-state index contributed by atoms with van der Waals surface area (Å²) < 4.78 is 54.8. The molecule has 1 aliphatic heterocycles. The second-order valence-corrected chi connectivity index (χ2v) is 8.82. The van der Waals surface area contributed by atoms with Crippen molar-refractivity contribution in [2.75, 3.05) is 26.2 Å². The van der Waals surface area contributed by atoms with Gasteiger partial charge in [0.15, 0.2) is 11.6 Å². The predicted molar refractivity (Wildman–Crippen MR) is 104 cm³/mol. The molecule has 1 N–H and O–H groups in total. The summed E-state index contributed by atoms with van der Waals surface area (Å²) >= 11 is 0. The third-order valence-corrected chi connectivity index (χ3v) is 6.99. The Morgan fingerprint density at radius 3 is 2.41 bits per heavy atom. The summed E-state index contributed by atoms with van der Waals surface area (Å²) in [6.45, 7) is 2.07. The molecule has 0 saturated carbocycles. The number of benzene rings is 2.